The summed E-state index contributed by atoms with van der Waals surface area (Å²) in [5.74, 6) is -0.127. The monoisotopic (exact) mass is 371 g/mol. The number of aryl methyl sites for hydroxylation is 1. The first-order chi connectivity index (χ1) is 12.6. The summed E-state index contributed by atoms with van der Waals surface area (Å²) < 4.78 is 0. The number of piperidine rings is 1. The summed E-state index contributed by atoms with van der Waals surface area (Å²) >= 11 is 1.78. The molecule has 0 radical (unpaired) electrons. The molecule has 1 fully saturated rings. The van der Waals surface area contributed by atoms with E-state index in [1.54, 1.807) is 17.4 Å². The van der Waals surface area contributed by atoms with Crippen LogP contribution in [-0.4, -0.2) is 29.4 Å². The first-order valence-electron chi connectivity index (χ1n) is 9.09. The van der Waals surface area contributed by atoms with Crippen molar-refractivity contribution in [3.63, 3.8) is 0 Å². The molecule has 2 heterocycles. The molecule has 138 valence electrons. The number of benzene rings is 1. The van der Waals surface area contributed by atoms with Gasteiger partial charge in [-0.15, -0.1) is 11.3 Å². The molecule has 2 aromatic rings. The molecule has 0 saturated carbocycles. The van der Waals surface area contributed by atoms with Gasteiger partial charge >= 0.3 is 6.03 Å². The molecular formula is C20H25N3O2S. The minimum atomic E-state index is -0.127. The summed E-state index contributed by atoms with van der Waals surface area (Å²) in [6.45, 7) is 2.27. The van der Waals surface area contributed by atoms with E-state index in [-0.39, 0.29) is 18.0 Å². The second-order valence-electron chi connectivity index (χ2n) is 6.65. The SMILES string of the molecule is CC(=O)Nc1cccc(NC(=O)N2CCCC[C@H]2CCc2cccs2)c1. The molecule has 0 unspecified atom stereocenters. The van der Waals surface area contributed by atoms with Gasteiger partial charge in [0.25, 0.3) is 0 Å². The number of amides is 3. The van der Waals surface area contributed by atoms with E-state index in [0.717, 1.165) is 32.2 Å². The lowest BCUT2D eigenvalue weighted by Gasteiger charge is -2.35. The van der Waals surface area contributed by atoms with E-state index >= 15 is 0 Å². The number of hydrogen-bond acceptors (Lipinski definition) is 3. The van der Waals surface area contributed by atoms with Gasteiger partial charge in [-0.25, -0.2) is 4.79 Å². The normalized spacial score (nSPS) is 17.0. The standard InChI is InChI=1S/C20H25N3O2S/c1-15(24)21-16-6-4-7-17(14-16)22-20(25)23-12-3-2-8-18(23)10-11-19-9-5-13-26-19/h4-7,9,13-14,18H,2-3,8,10-12H2,1H3,(H,21,24)(H,22,25)/t18-/m0/s1. The van der Waals surface area contributed by atoms with E-state index in [4.69, 9.17) is 0 Å². The van der Waals surface area contributed by atoms with Crippen LogP contribution in [0.4, 0.5) is 16.2 Å². The third kappa shape index (κ3) is 5.08. The summed E-state index contributed by atoms with van der Waals surface area (Å²) in [4.78, 5) is 27.4. The number of carbonyl (C=O) groups excluding carboxylic acids is 2. The van der Waals surface area contributed by atoms with Crippen LogP contribution in [0.25, 0.3) is 0 Å². The van der Waals surface area contributed by atoms with Crippen LogP contribution in [0.15, 0.2) is 41.8 Å². The average Bonchev–Trinajstić information content (AvgIpc) is 3.13. The molecule has 0 aliphatic carbocycles. The highest BCUT2D eigenvalue weighted by atomic mass is 32.1. The fraction of sp³-hybridized carbons (Fsp3) is 0.400. The van der Waals surface area contributed by atoms with Crippen molar-refractivity contribution in [3.05, 3.63) is 46.7 Å². The highest BCUT2D eigenvalue weighted by molar-refractivity contribution is 7.09. The minimum absolute atomic E-state index is 0.0548. The van der Waals surface area contributed by atoms with Crippen molar-refractivity contribution in [2.45, 2.75) is 45.1 Å². The number of nitrogens with zero attached hydrogens (tertiary/aromatic N) is 1. The molecule has 1 aliphatic rings. The van der Waals surface area contributed by atoms with Gasteiger partial charge in [0.15, 0.2) is 0 Å². The molecule has 6 heteroatoms. The van der Waals surface area contributed by atoms with Crippen LogP contribution in [-0.2, 0) is 11.2 Å². The minimum Gasteiger partial charge on any atom is -0.326 e. The van der Waals surface area contributed by atoms with E-state index in [1.165, 1.54) is 18.2 Å². The zero-order valence-corrected chi connectivity index (χ0v) is 15.8. The Bertz CT molecular complexity index is 745. The Morgan fingerprint density at radius 3 is 2.69 bits per heavy atom. The van der Waals surface area contributed by atoms with Gasteiger partial charge in [0.05, 0.1) is 0 Å². The Kier molecular flexibility index (Phi) is 6.28. The maximum absolute atomic E-state index is 12.8. The fourth-order valence-corrected chi connectivity index (χ4v) is 4.13. The van der Waals surface area contributed by atoms with Gasteiger partial charge < -0.3 is 15.5 Å². The molecule has 2 N–H and O–H groups in total. The number of anilines is 2. The molecule has 0 spiro atoms. The summed E-state index contributed by atoms with van der Waals surface area (Å²) in [6.07, 6.45) is 5.31. The smallest absolute Gasteiger partial charge is 0.322 e. The Hall–Kier alpha value is -2.34. The molecule has 26 heavy (non-hydrogen) atoms. The zero-order valence-electron chi connectivity index (χ0n) is 15.0. The van der Waals surface area contributed by atoms with E-state index in [0.29, 0.717) is 11.4 Å². The maximum Gasteiger partial charge on any atom is 0.322 e. The van der Waals surface area contributed by atoms with E-state index < -0.39 is 0 Å². The van der Waals surface area contributed by atoms with Crippen LogP contribution in [0.3, 0.4) is 0 Å². The Morgan fingerprint density at radius 2 is 1.96 bits per heavy atom. The van der Waals surface area contributed by atoms with Crippen molar-refractivity contribution >= 4 is 34.6 Å². The Balaban J connectivity index is 1.62. The van der Waals surface area contributed by atoms with Crippen LogP contribution in [0.1, 0.15) is 37.5 Å². The molecule has 1 aromatic heterocycles. The Labute approximate surface area is 158 Å². The van der Waals surface area contributed by atoms with Crippen LogP contribution >= 0.6 is 11.3 Å². The number of carbonyl (C=O) groups is 2. The van der Waals surface area contributed by atoms with Gasteiger partial charge in [-0.2, -0.15) is 0 Å². The van der Waals surface area contributed by atoms with Crippen molar-refractivity contribution in [2.24, 2.45) is 0 Å². The van der Waals surface area contributed by atoms with Gasteiger partial charge in [-0.1, -0.05) is 12.1 Å². The molecule has 1 saturated heterocycles. The molecule has 5 nitrogen and oxygen atoms in total. The topological polar surface area (TPSA) is 61.4 Å². The molecule has 3 amide bonds. The lowest BCUT2D eigenvalue weighted by atomic mass is 9.98. The first-order valence-corrected chi connectivity index (χ1v) is 9.97. The van der Waals surface area contributed by atoms with E-state index in [1.807, 2.05) is 23.1 Å². The summed E-state index contributed by atoms with van der Waals surface area (Å²) in [6, 6.07) is 11.7. The molecular weight excluding hydrogens is 346 g/mol. The third-order valence-electron chi connectivity index (χ3n) is 4.63. The average molecular weight is 372 g/mol. The van der Waals surface area contributed by atoms with E-state index in [9.17, 15) is 9.59 Å². The van der Waals surface area contributed by atoms with Gasteiger partial charge in [-0.05, 0) is 61.7 Å². The predicted molar refractivity (Wildman–Crippen MR) is 107 cm³/mol. The molecule has 0 bridgehead atoms. The lowest BCUT2D eigenvalue weighted by molar-refractivity contribution is -0.114. The van der Waals surface area contributed by atoms with Gasteiger partial charge in [0, 0.05) is 35.8 Å². The molecule has 1 aromatic carbocycles. The summed E-state index contributed by atoms with van der Waals surface area (Å²) in [5, 5.41) is 7.83. The van der Waals surface area contributed by atoms with Crippen LogP contribution in [0.2, 0.25) is 0 Å². The molecule has 1 atom stereocenters. The number of nitrogens with one attached hydrogen (secondary N) is 2. The number of thiophene rings is 1. The zero-order chi connectivity index (χ0) is 18.4. The lowest BCUT2D eigenvalue weighted by Crippen LogP contribution is -2.46. The van der Waals surface area contributed by atoms with Crippen LogP contribution < -0.4 is 10.6 Å². The fourth-order valence-electron chi connectivity index (χ4n) is 3.41. The van der Waals surface area contributed by atoms with Crippen molar-refractivity contribution in [2.75, 3.05) is 17.2 Å². The Morgan fingerprint density at radius 1 is 1.15 bits per heavy atom. The number of urea groups is 1. The summed E-state index contributed by atoms with van der Waals surface area (Å²) in [5.41, 5.74) is 1.38. The highest BCUT2D eigenvalue weighted by Gasteiger charge is 2.26. The maximum atomic E-state index is 12.8. The van der Waals surface area contributed by atoms with Gasteiger partial charge in [-0.3, -0.25) is 4.79 Å². The van der Waals surface area contributed by atoms with Crippen LogP contribution in [0.5, 0.6) is 0 Å². The third-order valence-corrected chi connectivity index (χ3v) is 5.56. The number of rotatable bonds is 5. The predicted octanol–water partition coefficient (Wildman–Crippen LogP) is 4.73. The molecule has 1 aliphatic heterocycles. The van der Waals surface area contributed by atoms with Gasteiger partial charge in [0.2, 0.25) is 5.91 Å². The van der Waals surface area contributed by atoms with Crippen LogP contribution in [0, 0.1) is 0 Å². The first kappa shape index (κ1) is 18.5. The highest BCUT2D eigenvalue weighted by Crippen LogP contribution is 2.24. The quantitative estimate of drug-likeness (QED) is 0.798. The van der Waals surface area contributed by atoms with Gasteiger partial charge in [0.1, 0.15) is 0 Å². The largest absolute Gasteiger partial charge is 0.326 e. The number of likely N-dealkylation sites (tertiary alicyclic amines) is 1. The van der Waals surface area contributed by atoms with Crippen molar-refractivity contribution < 1.29 is 9.59 Å². The van der Waals surface area contributed by atoms with E-state index in [2.05, 4.69) is 28.1 Å². The second-order valence-corrected chi connectivity index (χ2v) is 7.69. The van der Waals surface area contributed by atoms with Crippen molar-refractivity contribution in [3.8, 4) is 0 Å². The second kappa shape index (κ2) is 8.85. The van der Waals surface area contributed by atoms with Crippen molar-refractivity contribution in [1.29, 1.82) is 0 Å². The molecule has 3 rings (SSSR count). The number of hydrogen-bond donors (Lipinski definition) is 2. The van der Waals surface area contributed by atoms with Crippen molar-refractivity contribution in [1.82, 2.24) is 4.90 Å². The summed E-state index contributed by atoms with van der Waals surface area (Å²) in [7, 11) is 0.